The third-order valence-corrected chi connectivity index (χ3v) is 1.67. The molecule has 0 heterocycles. The summed E-state index contributed by atoms with van der Waals surface area (Å²) in [6.07, 6.45) is 0. The highest BCUT2D eigenvalue weighted by Gasteiger charge is 2.03. The summed E-state index contributed by atoms with van der Waals surface area (Å²) < 4.78 is 5.38. The van der Waals surface area contributed by atoms with Gasteiger partial charge < -0.3 is 10.5 Å². The molecule has 0 amide bonds. The predicted octanol–water partition coefficient (Wildman–Crippen LogP) is 2.17. The second kappa shape index (κ2) is 4.86. The van der Waals surface area contributed by atoms with Crippen LogP contribution in [0.5, 0.6) is 5.75 Å². The van der Waals surface area contributed by atoms with Gasteiger partial charge >= 0.3 is 0 Å². The summed E-state index contributed by atoms with van der Waals surface area (Å²) >= 11 is 0. The zero-order valence-corrected chi connectivity index (χ0v) is 9.50. The minimum absolute atomic E-state index is 0.457. The average Bonchev–Trinajstić information content (AvgIpc) is 2.15. The molecule has 15 heavy (non-hydrogen) atoms. The Morgan fingerprint density at radius 1 is 1.40 bits per heavy atom. The molecule has 2 N–H and O–H groups in total. The molecule has 0 saturated heterocycles. The molecule has 2 heteroatoms. The topological polar surface area (TPSA) is 35.2 Å². The minimum atomic E-state index is -0.457. The largest absolute Gasteiger partial charge is 0.494 e. The van der Waals surface area contributed by atoms with Crippen molar-refractivity contribution in [2.75, 3.05) is 6.61 Å². The van der Waals surface area contributed by atoms with Crippen LogP contribution in [0.25, 0.3) is 0 Å². The first-order chi connectivity index (χ1) is 7.01. The molecule has 0 spiro atoms. The molecule has 0 radical (unpaired) electrons. The molecular formula is C13H17NO. The standard InChI is InChI=1S/C13H17NO/c1-4-15-12-7-5-6-11(10-12)8-9-13(2,3)14/h5-7,10H,4,14H2,1-3H3. The summed E-state index contributed by atoms with van der Waals surface area (Å²) in [6.45, 7) is 6.39. The van der Waals surface area contributed by atoms with Gasteiger partial charge in [0.1, 0.15) is 5.75 Å². The SMILES string of the molecule is CCOc1cccc(C#CC(C)(C)N)c1. The first-order valence-corrected chi connectivity index (χ1v) is 5.06. The molecule has 0 saturated carbocycles. The highest BCUT2D eigenvalue weighted by molar-refractivity contribution is 5.41. The Kier molecular flexibility index (Phi) is 3.76. The van der Waals surface area contributed by atoms with Crippen LogP contribution in [0, 0.1) is 11.8 Å². The van der Waals surface area contributed by atoms with E-state index in [1.165, 1.54) is 0 Å². The van der Waals surface area contributed by atoms with Crippen molar-refractivity contribution in [2.24, 2.45) is 5.73 Å². The first-order valence-electron chi connectivity index (χ1n) is 5.06. The van der Waals surface area contributed by atoms with Crippen LogP contribution in [0.4, 0.5) is 0 Å². The van der Waals surface area contributed by atoms with Gasteiger partial charge in [-0.15, -0.1) is 0 Å². The third-order valence-electron chi connectivity index (χ3n) is 1.67. The number of rotatable bonds is 2. The lowest BCUT2D eigenvalue weighted by molar-refractivity contribution is 0.340. The molecule has 2 nitrogen and oxygen atoms in total. The van der Waals surface area contributed by atoms with Crippen LogP contribution in [-0.2, 0) is 0 Å². The van der Waals surface area contributed by atoms with Crippen LogP contribution in [0.2, 0.25) is 0 Å². The lowest BCUT2D eigenvalue weighted by Crippen LogP contribution is -2.29. The van der Waals surface area contributed by atoms with Gasteiger partial charge in [-0.05, 0) is 39.0 Å². The van der Waals surface area contributed by atoms with Gasteiger partial charge in [0.25, 0.3) is 0 Å². The van der Waals surface area contributed by atoms with E-state index in [1.807, 2.05) is 45.0 Å². The minimum Gasteiger partial charge on any atom is -0.494 e. The Morgan fingerprint density at radius 3 is 2.73 bits per heavy atom. The van der Waals surface area contributed by atoms with Crippen LogP contribution >= 0.6 is 0 Å². The van der Waals surface area contributed by atoms with Crippen molar-refractivity contribution in [2.45, 2.75) is 26.3 Å². The van der Waals surface area contributed by atoms with Gasteiger partial charge in [-0.25, -0.2) is 0 Å². The van der Waals surface area contributed by atoms with E-state index < -0.39 is 5.54 Å². The fourth-order valence-electron chi connectivity index (χ4n) is 1.06. The first kappa shape index (κ1) is 11.6. The van der Waals surface area contributed by atoms with Crippen LogP contribution in [0.3, 0.4) is 0 Å². The van der Waals surface area contributed by atoms with E-state index in [4.69, 9.17) is 10.5 Å². The molecule has 0 atom stereocenters. The summed E-state index contributed by atoms with van der Waals surface area (Å²) in [5.74, 6) is 6.85. The summed E-state index contributed by atoms with van der Waals surface area (Å²) in [4.78, 5) is 0. The van der Waals surface area contributed by atoms with Crippen LogP contribution in [-0.4, -0.2) is 12.1 Å². The van der Waals surface area contributed by atoms with Crippen LogP contribution in [0.15, 0.2) is 24.3 Å². The molecule has 0 aliphatic carbocycles. The molecule has 0 aromatic heterocycles. The summed E-state index contributed by atoms with van der Waals surface area (Å²) in [5, 5.41) is 0. The van der Waals surface area contributed by atoms with Gasteiger partial charge in [0.2, 0.25) is 0 Å². The van der Waals surface area contributed by atoms with E-state index in [-0.39, 0.29) is 0 Å². The maximum absolute atomic E-state index is 5.78. The van der Waals surface area contributed by atoms with Crippen molar-refractivity contribution in [1.29, 1.82) is 0 Å². The number of ether oxygens (including phenoxy) is 1. The molecule has 1 aromatic rings. The number of nitrogens with two attached hydrogens (primary N) is 1. The molecule has 0 unspecified atom stereocenters. The van der Waals surface area contributed by atoms with Crippen LogP contribution < -0.4 is 10.5 Å². The van der Waals surface area contributed by atoms with E-state index in [2.05, 4.69) is 11.8 Å². The van der Waals surface area contributed by atoms with Crippen molar-refractivity contribution in [3.8, 4) is 17.6 Å². The molecule has 0 bridgehead atoms. The Bertz CT molecular complexity index is 380. The molecule has 1 rings (SSSR count). The fourth-order valence-corrected chi connectivity index (χ4v) is 1.06. The van der Waals surface area contributed by atoms with Crippen LogP contribution in [0.1, 0.15) is 26.3 Å². The quantitative estimate of drug-likeness (QED) is 0.748. The Balaban J connectivity index is 2.85. The third kappa shape index (κ3) is 4.53. The molecule has 1 aromatic carbocycles. The predicted molar refractivity (Wildman–Crippen MR) is 62.8 cm³/mol. The van der Waals surface area contributed by atoms with Gasteiger partial charge in [0.15, 0.2) is 0 Å². The van der Waals surface area contributed by atoms with E-state index in [0.717, 1.165) is 11.3 Å². The van der Waals surface area contributed by atoms with Gasteiger partial charge in [-0.2, -0.15) is 0 Å². The normalized spacial score (nSPS) is 10.4. The number of hydrogen-bond acceptors (Lipinski definition) is 2. The molecular weight excluding hydrogens is 186 g/mol. The van der Waals surface area contributed by atoms with Crippen molar-refractivity contribution >= 4 is 0 Å². The molecule has 0 aliphatic heterocycles. The van der Waals surface area contributed by atoms with E-state index in [0.29, 0.717) is 6.61 Å². The zero-order chi connectivity index (χ0) is 11.3. The van der Waals surface area contributed by atoms with Crippen molar-refractivity contribution in [1.82, 2.24) is 0 Å². The van der Waals surface area contributed by atoms with E-state index >= 15 is 0 Å². The smallest absolute Gasteiger partial charge is 0.120 e. The average molecular weight is 203 g/mol. The maximum Gasteiger partial charge on any atom is 0.120 e. The van der Waals surface area contributed by atoms with E-state index in [9.17, 15) is 0 Å². The highest BCUT2D eigenvalue weighted by Crippen LogP contribution is 2.12. The van der Waals surface area contributed by atoms with Gasteiger partial charge in [-0.3, -0.25) is 0 Å². The monoisotopic (exact) mass is 203 g/mol. The number of hydrogen-bond donors (Lipinski definition) is 1. The zero-order valence-electron chi connectivity index (χ0n) is 9.50. The summed E-state index contributed by atoms with van der Waals surface area (Å²) in [5.41, 5.74) is 6.25. The van der Waals surface area contributed by atoms with Crippen molar-refractivity contribution < 1.29 is 4.74 Å². The second-order valence-electron chi connectivity index (χ2n) is 3.93. The van der Waals surface area contributed by atoms with Crippen molar-refractivity contribution in [3.05, 3.63) is 29.8 Å². The Hall–Kier alpha value is -1.46. The van der Waals surface area contributed by atoms with Crippen molar-refractivity contribution in [3.63, 3.8) is 0 Å². The highest BCUT2D eigenvalue weighted by atomic mass is 16.5. The molecule has 0 fully saturated rings. The van der Waals surface area contributed by atoms with Gasteiger partial charge in [0, 0.05) is 5.56 Å². The summed E-state index contributed by atoms with van der Waals surface area (Å²) in [7, 11) is 0. The lowest BCUT2D eigenvalue weighted by Gasteiger charge is -2.07. The second-order valence-corrected chi connectivity index (χ2v) is 3.93. The Labute approximate surface area is 91.4 Å². The molecule has 80 valence electrons. The van der Waals surface area contributed by atoms with Gasteiger partial charge in [0.05, 0.1) is 12.1 Å². The lowest BCUT2D eigenvalue weighted by atomic mass is 10.1. The molecule has 0 aliphatic rings. The maximum atomic E-state index is 5.78. The van der Waals surface area contributed by atoms with Gasteiger partial charge in [-0.1, -0.05) is 17.9 Å². The Morgan fingerprint density at radius 2 is 2.13 bits per heavy atom. The van der Waals surface area contributed by atoms with E-state index in [1.54, 1.807) is 0 Å². The summed E-state index contributed by atoms with van der Waals surface area (Å²) in [6, 6.07) is 7.71. The fraction of sp³-hybridized carbons (Fsp3) is 0.385. The number of benzene rings is 1.